The maximum Gasteiger partial charge on any atom is 0.306 e. The molecule has 0 aromatic carbocycles. The zero-order valence-corrected chi connectivity index (χ0v) is 21.7. The van der Waals surface area contributed by atoms with Gasteiger partial charge in [0.1, 0.15) is 11.7 Å². The Morgan fingerprint density at radius 1 is 1.23 bits per heavy atom. The van der Waals surface area contributed by atoms with Gasteiger partial charge in [-0.25, -0.2) is 0 Å². The molecule has 3 atom stereocenters. The van der Waals surface area contributed by atoms with E-state index in [1.54, 1.807) is 13.3 Å². The fourth-order valence-electron chi connectivity index (χ4n) is 3.79. The number of allylic oxidation sites excluding steroid dienone is 3. The number of carbonyl (C=O) groups is 2. The predicted molar refractivity (Wildman–Crippen MR) is 126 cm³/mol. The summed E-state index contributed by atoms with van der Waals surface area (Å²) < 4.78 is 12.2. The van der Waals surface area contributed by atoms with Crippen LogP contribution in [0.2, 0.25) is 18.1 Å². The first kappa shape index (κ1) is 26.0. The van der Waals surface area contributed by atoms with E-state index in [0.717, 1.165) is 11.5 Å². The van der Waals surface area contributed by atoms with Crippen LogP contribution in [0.15, 0.2) is 22.8 Å². The first-order valence-corrected chi connectivity index (χ1v) is 14.2. The number of hydrogen-bond donors (Lipinski definition) is 1. The van der Waals surface area contributed by atoms with Crippen LogP contribution >= 0.6 is 0 Å². The molecular weight excluding hydrogens is 408 g/mol. The minimum Gasteiger partial charge on any atom is -0.458 e. The van der Waals surface area contributed by atoms with Crippen molar-refractivity contribution in [2.24, 2.45) is 5.92 Å². The van der Waals surface area contributed by atoms with Gasteiger partial charge >= 0.3 is 5.97 Å². The molecule has 2 rings (SSSR count). The van der Waals surface area contributed by atoms with Crippen LogP contribution in [0.1, 0.15) is 67.7 Å². The second-order valence-corrected chi connectivity index (χ2v) is 15.6. The maximum atomic E-state index is 12.4. The normalized spacial score (nSPS) is 25.1. The van der Waals surface area contributed by atoms with Crippen LogP contribution in [0, 0.1) is 18.3 Å². The van der Waals surface area contributed by atoms with Crippen LogP contribution in [0.3, 0.4) is 0 Å². The second kappa shape index (κ2) is 9.32. The number of hydrogen-bond acceptors (Lipinski definition) is 5. The highest BCUT2D eigenvalue weighted by Crippen LogP contribution is 2.45. The fraction of sp³-hybridized carbons (Fsp3) is 0.680. The molecule has 2 aliphatic carbocycles. The average molecular weight is 449 g/mol. The number of Topliss-reactive ketones (excluding diaryl/α,β-unsaturated/α-hetero) is 1. The Hall–Kier alpha value is -1.24. The quantitative estimate of drug-likeness (QED) is 0.432. The van der Waals surface area contributed by atoms with Gasteiger partial charge in [0.15, 0.2) is 14.1 Å². The Balaban J connectivity index is 2.45. The summed E-state index contributed by atoms with van der Waals surface area (Å²) in [7, 11) is -2.09. The van der Waals surface area contributed by atoms with Crippen molar-refractivity contribution in [3.05, 3.63) is 35.1 Å². The second-order valence-electron chi connectivity index (χ2n) is 10.8. The molecule has 0 fully saturated rings. The van der Waals surface area contributed by atoms with Gasteiger partial charge in [0.05, 0.1) is 6.61 Å². The third-order valence-electron chi connectivity index (χ3n) is 7.02. The molecule has 5 nitrogen and oxygen atoms in total. The van der Waals surface area contributed by atoms with E-state index in [9.17, 15) is 14.7 Å². The van der Waals surface area contributed by atoms with Gasteiger partial charge in [-0.15, -0.1) is 0 Å². The number of rotatable bonds is 7. The van der Waals surface area contributed by atoms with Crippen LogP contribution in [-0.2, 0) is 18.8 Å². The van der Waals surface area contributed by atoms with Gasteiger partial charge in [0, 0.05) is 24.3 Å². The molecule has 0 saturated heterocycles. The lowest BCUT2D eigenvalue weighted by molar-refractivity contribution is -0.148. The number of carbonyl (C=O) groups excluding carboxylic acids is 2. The summed E-state index contributed by atoms with van der Waals surface area (Å²) in [6.07, 6.45) is 4.55. The Morgan fingerprint density at radius 3 is 2.39 bits per heavy atom. The third kappa shape index (κ3) is 5.77. The molecule has 0 bridgehead atoms. The highest BCUT2D eigenvalue weighted by molar-refractivity contribution is 6.74. The zero-order chi connectivity index (χ0) is 23.8. The number of fused-ring (bicyclic) bond motifs is 1. The van der Waals surface area contributed by atoms with Crippen molar-refractivity contribution in [2.75, 3.05) is 6.61 Å². The smallest absolute Gasteiger partial charge is 0.306 e. The molecule has 0 amide bonds. The molecule has 2 radical (unpaired) electrons. The van der Waals surface area contributed by atoms with Gasteiger partial charge < -0.3 is 14.3 Å². The lowest BCUT2D eigenvalue weighted by Gasteiger charge is -2.40. The van der Waals surface area contributed by atoms with Gasteiger partial charge in [-0.1, -0.05) is 40.7 Å². The Labute approximate surface area is 189 Å². The van der Waals surface area contributed by atoms with E-state index in [-0.39, 0.29) is 29.3 Å². The Bertz CT molecular complexity index is 769. The van der Waals surface area contributed by atoms with Crippen LogP contribution in [0.4, 0.5) is 0 Å². The van der Waals surface area contributed by atoms with E-state index in [2.05, 4.69) is 33.9 Å². The van der Waals surface area contributed by atoms with E-state index >= 15 is 0 Å². The average Bonchev–Trinajstić information content (AvgIpc) is 2.83. The monoisotopic (exact) mass is 448 g/mol. The van der Waals surface area contributed by atoms with E-state index in [1.807, 2.05) is 26.8 Å². The molecule has 0 aliphatic heterocycles. The van der Waals surface area contributed by atoms with E-state index in [0.29, 0.717) is 30.4 Å². The van der Waals surface area contributed by atoms with Gasteiger partial charge in [-0.3, -0.25) is 9.59 Å². The van der Waals surface area contributed by atoms with Gasteiger partial charge in [-0.05, 0) is 61.9 Å². The zero-order valence-electron chi connectivity index (χ0n) is 20.7. The van der Waals surface area contributed by atoms with Crippen molar-refractivity contribution in [2.45, 2.75) is 97.6 Å². The molecule has 0 heterocycles. The molecule has 1 unspecified atom stereocenters. The number of aliphatic hydroxyl groups is 1. The molecular formula is C25H40O5Si. The molecule has 174 valence electrons. The maximum absolute atomic E-state index is 12.4. The van der Waals surface area contributed by atoms with Gasteiger partial charge in [0.25, 0.3) is 0 Å². The molecule has 6 heteroatoms. The molecule has 0 spiro atoms. The molecule has 0 saturated carbocycles. The Morgan fingerprint density at radius 2 is 1.84 bits per heavy atom. The molecule has 31 heavy (non-hydrogen) atoms. The van der Waals surface area contributed by atoms with Gasteiger partial charge in [0.2, 0.25) is 0 Å². The largest absolute Gasteiger partial charge is 0.458 e. The fourth-order valence-corrected chi connectivity index (χ4v) is 4.86. The summed E-state index contributed by atoms with van der Waals surface area (Å²) in [6.45, 7) is 18.4. The van der Waals surface area contributed by atoms with Crippen molar-refractivity contribution < 1.29 is 23.9 Å². The topological polar surface area (TPSA) is 72.8 Å². The standard InChI is InChI=1S/C25H40O5Si/c1-10-11-23(27)30-22-12-16(2)18-14-21(26)17(3)19(18)13-20(22)25(7,28)15-29-31(8,9)24(4,5)6/h13-14,18,22,28H,10-12,15H2,1-9H3/t18?,22-,25+/m0/s1. The minimum absolute atomic E-state index is 0.00924. The van der Waals surface area contributed by atoms with Crippen LogP contribution in [0.5, 0.6) is 0 Å². The molecule has 1 N–H and O–H groups in total. The summed E-state index contributed by atoms with van der Waals surface area (Å²) in [4.78, 5) is 24.7. The number of ketones is 1. The third-order valence-corrected chi connectivity index (χ3v) is 11.5. The van der Waals surface area contributed by atoms with Crippen LogP contribution in [-0.4, -0.2) is 43.5 Å². The summed E-state index contributed by atoms with van der Waals surface area (Å²) in [6, 6.07) is 0. The van der Waals surface area contributed by atoms with Crippen LogP contribution < -0.4 is 0 Å². The van der Waals surface area contributed by atoms with Crippen LogP contribution in [0.25, 0.3) is 0 Å². The first-order valence-electron chi connectivity index (χ1n) is 11.3. The van der Waals surface area contributed by atoms with E-state index in [1.165, 1.54) is 0 Å². The lowest BCUT2D eigenvalue weighted by Crippen LogP contribution is -2.47. The summed E-state index contributed by atoms with van der Waals surface area (Å²) in [5.41, 5.74) is 0.846. The summed E-state index contributed by atoms with van der Waals surface area (Å²) in [5, 5.41) is 11.6. The minimum atomic E-state index is -2.09. The highest BCUT2D eigenvalue weighted by atomic mass is 28.4. The molecule has 0 aromatic heterocycles. The highest BCUT2D eigenvalue weighted by Gasteiger charge is 2.45. The van der Waals surface area contributed by atoms with E-state index < -0.39 is 20.0 Å². The van der Waals surface area contributed by atoms with Crippen molar-refractivity contribution in [1.82, 2.24) is 0 Å². The summed E-state index contributed by atoms with van der Waals surface area (Å²) in [5.74, 6) is 0.704. The molecule has 0 aromatic rings. The molecule has 2 aliphatic rings. The first-order chi connectivity index (χ1) is 14.1. The summed E-state index contributed by atoms with van der Waals surface area (Å²) >= 11 is 0. The van der Waals surface area contributed by atoms with Crippen molar-refractivity contribution in [1.29, 1.82) is 0 Å². The number of ether oxygens (including phenoxy) is 1. The van der Waals surface area contributed by atoms with Crippen molar-refractivity contribution >= 4 is 20.1 Å². The SMILES string of the molecule is CCCC(=O)O[C@H]1C[C](C)C2[CH]C(=O)C(C)=C2C=C1[C@](C)(O)CO[Si](C)(C)C(C)(C)C. The predicted octanol–water partition coefficient (Wildman–Crippen LogP) is 5.12. The lowest BCUT2D eigenvalue weighted by atomic mass is 9.85. The van der Waals surface area contributed by atoms with Crippen molar-refractivity contribution in [3.63, 3.8) is 0 Å². The van der Waals surface area contributed by atoms with E-state index in [4.69, 9.17) is 9.16 Å². The van der Waals surface area contributed by atoms with Crippen molar-refractivity contribution in [3.8, 4) is 0 Å². The van der Waals surface area contributed by atoms with Gasteiger partial charge in [-0.2, -0.15) is 0 Å². The number of esters is 1. The Kier molecular flexibility index (Phi) is 7.82.